The van der Waals surface area contributed by atoms with Gasteiger partial charge >= 0.3 is 6.03 Å². The lowest BCUT2D eigenvalue weighted by Gasteiger charge is -2.33. The number of carbonyl (C=O) groups is 1. The Kier molecular flexibility index (Phi) is 7.22. The lowest BCUT2D eigenvalue weighted by Crippen LogP contribution is -2.38. The van der Waals surface area contributed by atoms with Crippen LogP contribution in [-0.2, 0) is 6.42 Å². The number of hydrogen-bond acceptors (Lipinski definition) is 2. The molecule has 1 saturated heterocycles. The van der Waals surface area contributed by atoms with Gasteiger partial charge in [0, 0.05) is 18.8 Å². The Bertz CT molecular complexity index is 723. The number of nitrogens with zero attached hydrogens (tertiary/aromatic N) is 1. The van der Waals surface area contributed by atoms with Crippen LogP contribution in [0.25, 0.3) is 0 Å². The number of likely N-dealkylation sites (tertiary alicyclic amines) is 1. The number of para-hydroxylation sites is 1. The first-order chi connectivity index (χ1) is 13.2. The van der Waals surface area contributed by atoms with Crippen molar-refractivity contribution in [2.24, 2.45) is 5.92 Å². The molecule has 144 valence electrons. The van der Waals surface area contributed by atoms with Crippen LogP contribution < -0.4 is 10.6 Å². The van der Waals surface area contributed by atoms with Crippen LogP contribution in [0.3, 0.4) is 0 Å². The molecular formula is C22H28FN3O. The Morgan fingerprint density at radius 3 is 2.70 bits per heavy atom. The summed E-state index contributed by atoms with van der Waals surface area (Å²) in [7, 11) is 0. The third-order valence-corrected chi connectivity index (χ3v) is 5.04. The lowest BCUT2D eigenvalue weighted by molar-refractivity contribution is 0.172. The predicted molar refractivity (Wildman–Crippen MR) is 107 cm³/mol. The summed E-state index contributed by atoms with van der Waals surface area (Å²) in [5.41, 5.74) is 1.62. The number of hydrogen-bond donors (Lipinski definition) is 2. The van der Waals surface area contributed by atoms with E-state index in [1.165, 1.54) is 0 Å². The fourth-order valence-electron chi connectivity index (χ4n) is 3.70. The first kappa shape index (κ1) is 19.4. The molecule has 5 heteroatoms. The Balaban J connectivity index is 1.35. The van der Waals surface area contributed by atoms with Crippen LogP contribution in [0.2, 0.25) is 0 Å². The zero-order valence-corrected chi connectivity index (χ0v) is 15.7. The van der Waals surface area contributed by atoms with Gasteiger partial charge in [-0.05, 0) is 68.5 Å². The number of urea groups is 1. The van der Waals surface area contributed by atoms with E-state index < -0.39 is 0 Å². The number of anilines is 1. The molecule has 1 aliphatic rings. The Morgan fingerprint density at radius 1 is 1.11 bits per heavy atom. The van der Waals surface area contributed by atoms with Gasteiger partial charge in [-0.2, -0.15) is 0 Å². The van der Waals surface area contributed by atoms with Gasteiger partial charge in [0.15, 0.2) is 0 Å². The molecule has 1 aliphatic heterocycles. The summed E-state index contributed by atoms with van der Waals surface area (Å²) < 4.78 is 13.9. The zero-order valence-electron chi connectivity index (χ0n) is 15.7. The first-order valence-corrected chi connectivity index (χ1v) is 9.76. The number of benzene rings is 2. The second-order valence-electron chi connectivity index (χ2n) is 7.20. The number of carbonyl (C=O) groups excluding carboxylic acids is 1. The molecule has 2 N–H and O–H groups in total. The van der Waals surface area contributed by atoms with Gasteiger partial charge in [-0.15, -0.1) is 0 Å². The average Bonchev–Trinajstić information content (AvgIpc) is 2.68. The standard InChI is InChI=1S/C22H28FN3O/c23-21-12-5-4-9-19(21)16-18-8-6-14-26(17-18)15-7-13-24-22(27)25-20-10-2-1-3-11-20/h1-5,9-12,18H,6-8,13-17H2,(H2,24,25,27). The van der Waals surface area contributed by atoms with E-state index in [0.717, 1.165) is 56.6 Å². The smallest absolute Gasteiger partial charge is 0.319 e. The molecule has 2 aromatic carbocycles. The molecule has 0 bridgehead atoms. The highest BCUT2D eigenvalue weighted by atomic mass is 19.1. The average molecular weight is 369 g/mol. The second-order valence-corrected chi connectivity index (χ2v) is 7.20. The molecule has 27 heavy (non-hydrogen) atoms. The molecule has 0 spiro atoms. The maximum Gasteiger partial charge on any atom is 0.319 e. The van der Waals surface area contributed by atoms with Crippen molar-refractivity contribution in [3.63, 3.8) is 0 Å². The molecule has 1 heterocycles. The third kappa shape index (κ3) is 6.36. The molecule has 0 aromatic heterocycles. The topological polar surface area (TPSA) is 44.4 Å². The van der Waals surface area contributed by atoms with E-state index in [2.05, 4.69) is 15.5 Å². The van der Waals surface area contributed by atoms with Gasteiger partial charge in [0.2, 0.25) is 0 Å². The van der Waals surface area contributed by atoms with Crippen molar-refractivity contribution in [2.75, 3.05) is 31.5 Å². The van der Waals surface area contributed by atoms with Crippen molar-refractivity contribution in [3.8, 4) is 0 Å². The van der Waals surface area contributed by atoms with Crippen LogP contribution in [-0.4, -0.2) is 37.1 Å². The summed E-state index contributed by atoms with van der Waals surface area (Å²) in [5, 5.41) is 5.72. The van der Waals surface area contributed by atoms with E-state index in [0.29, 0.717) is 12.5 Å². The molecule has 3 rings (SSSR count). The summed E-state index contributed by atoms with van der Waals surface area (Å²) >= 11 is 0. The van der Waals surface area contributed by atoms with Crippen molar-refractivity contribution in [1.29, 1.82) is 0 Å². The molecule has 2 aromatic rings. The zero-order chi connectivity index (χ0) is 18.9. The number of piperidine rings is 1. The van der Waals surface area contributed by atoms with Crippen LogP contribution in [0.4, 0.5) is 14.9 Å². The molecule has 4 nitrogen and oxygen atoms in total. The fraction of sp³-hybridized carbons (Fsp3) is 0.409. The monoisotopic (exact) mass is 369 g/mol. The highest BCUT2D eigenvalue weighted by Gasteiger charge is 2.20. The molecule has 1 unspecified atom stereocenters. The summed E-state index contributed by atoms with van der Waals surface area (Å²) in [4.78, 5) is 14.3. The highest BCUT2D eigenvalue weighted by molar-refractivity contribution is 5.89. The first-order valence-electron chi connectivity index (χ1n) is 9.76. The van der Waals surface area contributed by atoms with Gasteiger partial charge in [0.05, 0.1) is 0 Å². The Labute approximate surface area is 160 Å². The lowest BCUT2D eigenvalue weighted by atomic mass is 9.91. The predicted octanol–water partition coefficient (Wildman–Crippen LogP) is 4.29. The van der Waals surface area contributed by atoms with E-state index in [-0.39, 0.29) is 11.8 Å². The highest BCUT2D eigenvalue weighted by Crippen LogP contribution is 2.22. The summed E-state index contributed by atoms with van der Waals surface area (Å²) in [5.74, 6) is 0.410. The molecular weight excluding hydrogens is 341 g/mol. The summed E-state index contributed by atoms with van der Waals surface area (Å²) in [6, 6.07) is 16.3. The van der Waals surface area contributed by atoms with Crippen molar-refractivity contribution < 1.29 is 9.18 Å². The largest absolute Gasteiger partial charge is 0.338 e. The van der Waals surface area contributed by atoms with Crippen LogP contribution >= 0.6 is 0 Å². The van der Waals surface area contributed by atoms with E-state index >= 15 is 0 Å². The van der Waals surface area contributed by atoms with Crippen LogP contribution in [0, 0.1) is 11.7 Å². The van der Waals surface area contributed by atoms with Crippen molar-refractivity contribution in [1.82, 2.24) is 10.2 Å². The van der Waals surface area contributed by atoms with Gasteiger partial charge in [-0.3, -0.25) is 0 Å². The van der Waals surface area contributed by atoms with E-state index in [1.54, 1.807) is 12.1 Å². The summed E-state index contributed by atoms with van der Waals surface area (Å²) in [6.45, 7) is 3.70. The molecule has 0 aliphatic carbocycles. The number of rotatable bonds is 7. The van der Waals surface area contributed by atoms with Crippen LogP contribution in [0.5, 0.6) is 0 Å². The molecule has 1 atom stereocenters. The van der Waals surface area contributed by atoms with Crippen molar-refractivity contribution >= 4 is 11.7 Å². The van der Waals surface area contributed by atoms with Crippen LogP contribution in [0.15, 0.2) is 54.6 Å². The fourth-order valence-corrected chi connectivity index (χ4v) is 3.70. The van der Waals surface area contributed by atoms with Crippen LogP contribution in [0.1, 0.15) is 24.8 Å². The quantitative estimate of drug-likeness (QED) is 0.715. The minimum atomic E-state index is -0.169. The number of halogens is 1. The molecule has 1 fully saturated rings. The van der Waals surface area contributed by atoms with Gasteiger partial charge < -0.3 is 15.5 Å². The number of amides is 2. The second kappa shape index (κ2) is 10.1. The van der Waals surface area contributed by atoms with Gasteiger partial charge in [0.25, 0.3) is 0 Å². The minimum absolute atomic E-state index is 0.0942. The van der Waals surface area contributed by atoms with Crippen molar-refractivity contribution in [3.05, 3.63) is 66.0 Å². The summed E-state index contributed by atoms with van der Waals surface area (Å²) in [6.07, 6.45) is 4.03. The van der Waals surface area contributed by atoms with Crippen molar-refractivity contribution in [2.45, 2.75) is 25.7 Å². The minimum Gasteiger partial charge on any atom is -0.338 e. The third-order valence-electron chi connectivity index (χ3n) is 5.04. The maximum atomic E-state index is 13.9. The normalized spacial score (nSPS) is 17.4. The molecule has 0 radical (unpaired) electrons. The molecule has 2 amide bonds. The van der Waals surface area contributed by atoms with Gasteiger partial charge in [0.1, 0.15) is 5.82 Å². The van der Waals surface area contributed by atoms with Gasteiger partial charge in [-0.1, -0.05) is 36.4 Å². The SMILES string of the molecule is O=C(NCCCN1CCCC(Cc2ccccc2F)C1)Nc1ccccc1. The van der Waals surface area contributed by atoms with E-state index in [4.69, 9.17) is 0 Å². The Hall–Kier alpha value is -2.40. The maximum absolute atomic E-state index is 13.9. The molecule has 0 saturated carbocycles. The van der Waals surface area contributed by atoms with E-state index in [9.17, 15) is 9.18 Å². The van der Waals surface area contributed by atoms with E-state index in [1.807, 2.05) is 42.5 Å². The Morgan fingerprint density at radius 2 is 1.89 bits per heavy atom. The number of nitrogens with one attached hydrogen (secondary N) is 2. The van der Waals surface area contributed by atoms with Gasteiger partial charge in [-0.25, -0.2) is 9.18 Å².